The van der Waals surface area contributed by atoms with Gasteiger partial charge in [0.2, 0.25) is 0 Å². The number of rotatable bonds is 8. The van der Waals surface area contributed by atoms with Gasteiger partial charge >= 0.3 is 0 Å². The zero-order valence-corrected chi connectivity index (χ0v) is 10.5. The molecule has 0 aliphatic heterocycles. The van der Waals surface area contributed by atoms with Crippen LogP contribution in [-0.2, 0) is 0 Å². The highest BCUT2D eigenvalue weighted by atomic mass is 32.2. The van der Waals surface area contributed by atoms with Crippen molar-refractivity contribution in [1.82, 2.24) is 0 Å². The maximum atomic E-state index is 5.00. The van der Waals surface area contributed by atoms with E-state index in [2.05, 4.69) is 37.4 Å². The first-order valence-electron chi connectivity index (χ1n) is 4.66. The Hall–Kier alpha value is 1.05. The summed E-state index contributed by atoms with van der Waals surface area (Å²) in [5, 5.41) is 0. The predicted octanol–water partition coefficient (Wildman–Crippen LogP) is 4.19. The monoisotopic (exact) mass is 223 g/mol. The third kappa shape index (κ3) is 7.69. The molecule has 12 heavy (non-hydrogen) atoms. The van der Waals surface area contributed by atoms with Crippen LogP contribution in [0.3, 0.4) is 0 Å². The topological polar surface area (TPSA) is 0 Å². The molecule has 1 radical (unpaired) electrons. The van der Waals surface area contributed by atoms with Crippen LogP contribution in [0, 0.1) is 0 Å². The number of hydrogen-bond donors (Lipinski definition) is 0. The molecule has 0 spiro atoms. The summed E-state index contributed by atoms with van der Waals surface area (Å²) in [6, 6.07) is 0. The Kier molecular flexibility index (Phi) is 11.0. The van der Waals surface area contributed by atoms with Crippen LogP contribution in [0.4, 0.5) is 0 Å². The molecule has 0 rings (SSSR count). The van der Waals surface area contributed by atoms with Crippen LogP contribution in [0.25, 0.3) is 0 Å². The second-order valence-corrected chi connectivity index (χ2v) is 5.99. The van der Waals surface area contributed by atoms with Gasteiger partial charge in [-0.1, -0.05) is 26.5 Å². The van der Waals surface area contributed by atoms with E-state index in [1.54, 1.807) is 0 Å². The standard InChI is InChI=1S/C9H19S3/c1-3-7-11-9(5-6-10)12-8-4-2/h9H,3-8H2,1-2H3. The molecule has 0 aromatic carbocycles. The van der Waals surface area contributed by atoms with Crippen molar-refractivity contribution in [2.45, 2.75) is 37.7 Å². The minimum absolute atomic E-state index is 0.766. The van der Waals surface area contributed by atoms with Gasteiger partial charge in [-0.2, -0.15) is 0 Å². The summed E-state index contributed by atoms with van der Waals surface area (Å²) in [5.74, 6) is 3.49. The van der Waals surface area contributed by atoms with Gasteiger partial charge in [-0.15, -0.1) is 23.5 Å². The minimum atomic E-state index is 0.766. The Morgan fingerprint density at radius 3 is 1.92 bits per heavy atom. The lowest BCUT2D eigenvalue weighted by atomic mass is 10.6. The van der Waals surface area contributed by atoms with E-state index in [1.165, 1.54) is 30.8 Å². The van der Waals surface area contributed by atoms with Crippen molar-refractivity contribution in [3.05, 3.63) is 0 Å². The fourth-order valence-electron chi connectivity index (χ4n) is 0.810. The normalized spacial score (nSPS) is 11.0. The quantitative estimate of drug-likeness (QED) is 0.566. The van der Waals surface area contributed by atoms with Gasteiger partial charge in [-0.05, 0) is 30.8 Å². The molecule has 0 nitrogen and oxygen atoms in total. The summed E-state index contributed by atoms with van der Waals surface area (Å²) in [6.07, 6.45) is 3.77. The van der Waals surface area contributed by atoms with Gasteiger partial charge in [0.25, 0.3) is 0 Å². The Morgan fingerprint density at radius 2 is 1.58 bits per heavy atom. The van der Waals surface area contributed by atoms with E-state index in [1.807, 2.05) is 0 Å². The fraction of sp³-hybridized carbons (Fsp3) is 1.00. The Bertz CT molecular complexity index is 77.8. The smallest absolute Gasteiger partial charge is 0.0510 e. The van der Waals surface area contributed by atoms with Gasteiger partial charge in [0, 0.05) is 5.75 Å². The highest BCUT2D eigenvalue weighted by Crippen LogP contribution is 2.27. The molecule has 0 aliphatic carbocycles. The van der Waals surface area contributed by atoms with Crippen LogP contribution in [-0.4, -0.2) is 21.8 Å². The van der Waals surface area contributed by atoms with Crippen molar-refractivity contribution < 1.29 is 0 Å². The van der Waals surface area contributed by atoms with Crippen LogP contribution < -0.4 is 0 Å². The fourth-order valence-corrected chi connectivity index (χ4v) is 3.87. The Morgan fingerprint density at radius 1 is 1.08 bits per heavy atom. The third-order valence-electron chi connectivity index (χ3n) is 1.37. The van der Waals surface area contributed by atoms with E-state index in [9.17, 15) is 0 Å². The first-order chi connectivity index (χ1) is 5.85. The molecule has 0 aromatic rings. The van der Waals surface area contributed by atoms with Crippen molar-refractivity contribution in [3.63, 3.8) is 0 Å². The molecule has 0 aromatic heterocycles. The van der Waals surface area contributed by atoms with Crippen LogP contribution in [0.15, 0.2) is 0 Å². The maximum absolute atomic E-state index is 5.00. The van der Waals surface area contributed by atoms with E-state index in [0.29, 0.717) is 0 Å². The average Bonchev–Trinajstić information content (AvgIpc) is 2.10. The molecular formula is C9H19S3. The highest BCUT2D eigenvalue weighted by Gasteiger charge is 2.06. The molecule has 0 saturated carbocycles. The maximum Gasteiger partial charge on any atom is 0.0510 e. The minimum Gasteiger partial charge on any atom is -0.148 e. The van der Waals surface area contributed by atoms with Crippen molar-refractivity contribution in [1.29, 1.82) is 0 Å². The second-order valence-electron chi connectivity index (χ2n) is 2.66. The Balaban J connectivity index is 3.40. The summed E-state index contributed by atoms with van der Waals surface area (Å²) >= 11 is 9.17. The number of hydrogen-bond acceptors (Lipinski definition) is 2. The molecule has 73 valence electrons. The number of thioether (sulfide) groups is 2. The van der Waals surface area contributed by atoms with Crippen LogP contribution in [0.1, 0.15) is 33.1 Å². The molecule has 0 bridgehead atoms. The van der Waals surface area contributed by atoms with Gasteiger partial charge < -0.3 is 0 Å². The Labute approximate surface area is 91.1 Å². The third-order valence-corrected chi connectivity index (χ3v) is 4.92. The van der Waals surface area contributed by atoms with Crippen molar-refractivity contribution in [2.75, 3.05) is 17.3 Å². The lowest BCUT2D eigenvalue weighted by molar-refractivity contribution is 1.04. The molecule has 0 fully saturated rings. The first-order valence-corrected chi connectivity index (χ1v) is 7.33. The summed E-state index contributed by atoms with van der Waals surface area (Å²) in [5.41, 5.74) is 0. The zero-order valence-electron chi connectivity index (χ0n) is 8.04. The average molecular weight is 223 g/mol. The van der Waals surface area contributed by atoms with Gasteiger partial charge in [-0.25, -0.2) is 0 Å². The molecule has 0 unspecified atom stereocenters. The summed E-state index contributed by atoms with van der Waals surface area (Å²) in [4.78, 5) is 0. The lowest BCUT2D eigenvalue weighted by Gasteiger charge is -2.13. The van der Waals surface area contributed by atoms with E-state index < -0.39 is 0 Å². The van der Waals surface area contributed by atoms with Gasteiger partial charge in [0.15, 0.2) is 0 Å². The van der Waals surface area contributed by atoms with E-state index >= 15 is 0 Å². The highest BCUT2D eigenvalue weighted by molar-refractivity contribution is 8.17. The first kappa shape index (κ1) is 13.1. The molecule has 0 saturated heterocycles. The van der Waals surface area contributed by atoms with Crippen molar-refractivity contribution in [3.8, 4) is 0 Å². The van der Waals surface area contributed by atoms with E-state index in [-0.39, 0.29) is 0 Å². The predicted molar refractivity (Wildman–Crippen MR) is 66.4 cm³/mol. The van der Waals surface area contributed by atoms with Gasteiger partial charge in [0.1, 0.15) is 0 Å². The van der Waals surface area contributed by atoms with E-state index in [4.69, 9.17) is 12.6 Å². The molecular weight excluding hydrogens is 204 g/mol. The summed E-state index contributed by atoms with van der Waals surface area (Å²) < 4.78 is 0.766. The molecule has 0 amide bonds. The van der Waals surface area contributed by atoms with Crippen LogP contribution in [0.2, 0.25) is 0 Å². The van der Waals surface area contributed by atoms with Crippen LogP contribution >= 0.6 is 36.2 Å². The van der Waals surface area contributed by atoms with Crippen LogP contribution in [0.5, 0.6) is 0 Å². The molecule has 0 atom stereocenters. The molecule has 3 heteroatoms. The molecule has 0 heterocycles. The molecule has 0 aliphatic rings. The van der Waals surface area contributed by atoms with E-state index in [0.717, 1.165) is 10.3 Å². The summed E-state index contributed by atoms with van der Waals surface area (Å²) in [7, 11) is 0. The van der Waals surface area contributed by atoms with Crippen molar-refractivity contribution in [2.24, 2.45) is 0 Å². The second kappa shape index (κ2) is 10.1. The largest absolute Gasteiger partial charge is 0.148 e. The summed E-state index contributed by atoms with van der Waals surface area (Å²) in [6.45, 7) is 4.48. The van der Waals surface area contributed by atoms with Gasteiger partial charge in [0.05, 0.1) is 4.58 Å². The lowest BCUT2D eigenvalue weighted by Crippen LogP contribution is -2.00. The van der Waals surface area contributed by atoms with Crippen molar-refractivity contribution >= 4 is 36.2 Å². The SMILES string of the molecule is CCCSC(CC[S])SCCC. The van der Waals surface area contributed by atoms with Gasteiger partial charge in [-0.3, -0.25) is 0 Å². The molecule has 0 N–H and O–H groups in total. The zero-order chi connectivity index (χ0) is 9.23.